The molecule has 0 aromatic heterocycles. The van der Waals surface area contributed by atoms with Crippen molar-refractivity contribution in [2.75, 3.05) is 10.6 Å². The zero-order valence-corrected chi connectivity index (χ0v) is 10.6. The highest BCUT2D eigenvalue weighted by Gasteiger charge is 2.46. The summed E-state index contributed by atoms with van der Waals surface area (Å²) in [6, 6.07) is 3.94. The molecule has 0 spiro atoms. The van der Waals surface area contributed by atoms with Crippen LogP contribution < -0.4 is 10.6 Å². The molecule has 1 saturated heterocycles. The lowest BCUT2D eigenvalue weighted by Crippen LogP contribution is -2.33. The number of imide groups is 1. The third-order valence-corrected chi connectivity index (χ3v) is 3.14. The largest absolute Gasteiger partial charge is 0.478 e. The second-order valence-corrected chi connectivity index (χ2v) is 5.17. The van der Waals surface area contributed by atoms with Crippen LogP contribution in [-0.4, -0.2) is 22.9 Å². The van der Waals surface area contributed by atoms with E-state index in [1.165, 1.54) is 18.2 Å². The summed E-state index contributed by atoms with van der Waals surface area (Å²) >= 11 is 0. The van der Waals surface area contributed by atoms with Gasteiger partial charge in [0, 0.05) is 6.42 Å². The van der Waals surface area contributed by atoms with Gasteiger partial charge in [0.15, 0.2) is 0 Å². The Morgan fingerprint density at radius 3 is 2.42 bits per heavy atom. The number of amides is 2. The summed E-state index contributed by atoms with van der Waals surface area (Å²) in [6.45, 7) is 3.38. The SMILES string of the molecule is CC1(C)CC(=O)N(c2ccc(C(=O)O)cc2N)C1=O. The van der Waals surface area contributed by atoms with Crippen molar-refractivity contribution in [2.45, 2.75) is 20.3 Å². The number of nitrogens with two attached hydrogens (primary N) is 1. The van der Waals surface area contributed by atoms with Gasteiger partial charge in [-0.1, -0.05) is 13.8 Å². The van der Waals surface area contributed by atoms with Crippen LogP contribution >= 0.6 is 0 Å². The maximum atomic E-state index is 12.1. The minimum Gasteiger partial charge on any atom is -0.478 e. The molecule has 0 aliphatic carbocycles. The topological polar surface area (TPSA) is 101 Å². The van der Waals surface area contributed by atoms with Crippen LogP contribution in [0.4, 0.5) is 11.4 Å². The first-order chi connectivity index (χ1) is 8.74. The van der Waals surface area contributed by atoms with Gasteiger partial charge in [-0.25, -0.2) is 9.69 Å². The van der Waals surface area contributed by atoms with Gasteiger partial charge in [0.25, 0.3) is 0 Å². The van der Waals surface area contributed by atoms with Crippen LogP contribution in [0.2, 0.25) is 0 Å². The van der Waals surface area contributed by atoms with Crippen molar-refractivity contribution in [2.24, 2.45) is 5.41 Å². The molecule has 1 aliphatic rings. The second-order valence-electron chi connectivity index (χ2n) is 5.17. The quantitative estimate of drug-likeness (QED) is 0.617. The fourth-order valence-corrected chi connectivity index (χ4v) is 2.08. The average Bonchev–Trinajstić information content (AvgIpc) is 2.49. The summed E-state index contributed by atoms with van der Waals surface area (Å²) in [5, 5.41) is 8.85. The van der Waals surface area contributed by atoms with E-state index in [9.17, 15) is 14.4 Å². The first kappa shape index (κ1) is 13.1. The number of carbonyl (C=O) groups excluding carboxylic acids is 2. The van der Waals surface area contributed by atoms with E-state index in [0.717, 1.165) is 4.90 Å². The summed E-state index contributed by atoms with van der Waals surface area (Å²) in [4.78, 5) is 35.9. The van der Waals surface area contributed by atoms with E-state index < -0.39 is 11.4 Å². The van der Waals surface area contributed by atoms with E-state index >= 15 is 0 Å². The lowest BCUT2D eigenvalue weighted by Gasteiger charge is -2.19. The Hall–Kier alpha value is -2.37. The number of anilines is 2. The lowest BCUT2D eigenvalue weighted by molar-refractivity contribution is -0.124. The molecule has 1 aromatic carbocycles. The number of nitrogens with zero attached hydrogens (tertiary/aromatic N) is 1. The van der Waals surface area contributed by atoms with Crippen LogP contribution in [0.5, 0.6) is 0 Å². The highest BCUT2D eigenvalue weighted by Crippen LogP contribution is 2.37. The molecule has 1 aliphatic heterocycles. The highest BCUT2D eigenvalue weighted by atomic mass is 16.4. The summed E-state index contributed by atoms with van der Waals surface area (Å²) in [7, 11) is 0. The number of hydrogen-bond acceptors (Lipinski definition) is 4. The molecule has 1 fully saturated rings. The van der Waals surface area contributed by atoms with Crippen LogP contribution in [0.1, 0.15) is 30.6 Å². The smallest absolute Gasteiger partial charge is 0.335 e. The van der Waals surface area contributed by atoms with Crippen molar-refractivity contribution in [1.29, 1.82) is 0 Å². The van der Waals surface area contributed by atoms with Crippen LogP contribution in [0.15, 0.2) is 18.2 Å². The van der Waals surface area contributed by atoms with E-state index in [-0.39, 0.29) is 35.2 Å². The molecular weight excluding hydrogens is 248 g/mol. The molecule has 100 valence electrons. The van der Waals surface area contributed by atoms with Crippen molar-refractivity contribution in [3.05, 3.63) is 23.8 Å². The third-order valence-electron chi connectivity index (χ3n) is 3.14. The number of benzene rings is 1. The number of carboxylic acid groups (broad SMARTS) is 1. The molecule has 0 saturated carbocycles. The van der Waals surface area contributed by atoms with Crippen LogP contribution in [0, 0.1) is 5.41 Å². The van der Waals surface area contributed by atoms with E-state index in [1.54, 1.807) is 13.8 Å². The number of nitrogen functional groups attached to an aromatic ring is 1. The van der Waals surface area contributed by atoms with E-state index in [0.29, 0.717) is 0 Å². The Bertz CT molecular complexity index is 592. The molecule has 3 N–H and O–H groups in total. The summed E-state index contributed by atoms with van der Waals surface area (Å²) < 4.78 is 0. The van der Waals surface area contributed by atoms with Gasteiger partial charge >= 0.3 is 5.97 Å². The first-order valence-electron chi connectivity index (χ1n) is 5.74. The molecule has 0 unspecified atom stereocenters. The molecule has 19 heavy (non-hydrogen) atoms. The molecule has 1 aromatic rings. The lowest BCUT2D eigenvalue weighted by atomic mass is 9.92. The zero-order chi connectivity index (χ0) is 14.4. The van der Waals surface area contributed by atoms with E-state index in [1.807, 2.05) is 0 Å². The van der Waals surface area contributed by atoms with Gasteiger partial charge in [0.1, 0.15) is 0 Å². The Balaban J connectivity index is 2.46. The van der Waals surface area contributed by atoms with Gasteiger partial charge < -0.3 is 10.8 Å². The minimum atomic E-state index is -1.11. The molecule has 0 bridgehead atoms. The molecule has 0 atom stereocenters. The minimum absolute atomic E-state index is 0.0135. The van der Waals surface area contributed by atoms with Crippen LogP contribution in [-0.2, 0) is 9.59 Å². The summed E-state index contributed by atoms with van der Waals surface area (Å²) in [5.41, 5.74) is 5.34. The number of carboxylic acids is 1. The van der Waals surface area contributed by atoms with Crippen LogP contribution in [0.25, 0.3) is 0 Å². The van der Waals surface area contributed by atoms with Crippen LogP contribution in [0.3, 0.4) is 0 Å². The van der Waals surface area contributed by atoms with Crippen molar-refractivity contribution >= 4 is 29.2 Å². The molecule has 2 rings (SSSR count). The average molecular weight is 262 g/mol. The molecule has 6 heteroatoms. The molecule has 6 nitrogen and oxygen atoms in total. The Morgan fingerprint density at radius 1 is 1.37 bits per heavy atom. The fourth-order valence-electron chi connectivity index (χ4n) is 2.08. The van der Waals surface area contributed by atoms with Gasteiger partial charge in [-0.05, 0) is 18.2 Å². The van der Waals surface area contributed by atoms with Crippen molar-refractivity contribution < 1.29 is 19.5 Å². The number of aromatic carboxylic acids is 1. The predicted octanol–water partition coefficient (Wildman–Crippen LogP) is 1.26. The highest BCUT2D eigenvalue weighted by molar-refractivity contribution is 6.23. The number of carbonyl (C=O) groups is 3. The first-order valence-corrected chi connectivity index (χ1v) is 5.74. The monoisotopic (exact) mass is 262 g/mol. The van der Waals surface area contributed by atoms with Gasteiger partial charge in [-0.2, -0.15) is 0 Å². The summed E-state index contributed by atoms with van der Waals surface area (Å²) in [6.07, 6.45) is 0.117. The van der Waals surface area contributed by atoms with Crippen molar-refractivity contribution in [3.63, 3.8) is 0 Å². The van der Waals surface area contributed by atoms with E-state index in [4.69, 9.17) is 10.8 Å². The Labute approximate surface area is 109 Å². The zero-order valence-electron chi connectivity index (χ0n) is 10.6. The normalized spacial score (nSPS) is 17.9. The third kappa shape index (κ3) is 2.05. The van der Waals surface area contributed by atoms with Gasteiger partial charge in [-0.3, -0.25) is 9.59 Å². The molecule has 0 radical (unpaired) electrons. The second kappa shape index (κ2) is 4.08. The molecule has 1 heterocycles. The standard InChI is InChI=1S/C13H14N2O4/c1-13(2)6-10(16)15(12(13)19)9-4-3-7(11(17)18)5-8(9)14/h3-5H,6,14H2,1-2H3,(H,17,18). The Morgan fingerprint density at radius 2 is 2.00 bits per heavy atom. The predicted molar refractivity (Wildman–Crippen MR) is 68.7 cm³/mol. The molecule has 2 amide bonds. The van der Waals surface area contributed by atoms with Gasteiger partial charge in [-0.15, -0.1) is 0 Å². The van der Waals surface area contributed by atoms with Crippen molar-refractivity contribution in [1.82, 2.24) is 0 Å². The maximum absolute atomic E-state index is 12.1. The Kier molecular flexibility index (Phi) is 2.81. The maximum Gasteiger partial charge on any atom is 0.335 e. The number of hydrogen-bond donors (Lipinski definition) is 2. The van der Waals surface area contributed by atoms with E-state index in [2.05, 4.69) is 0 Å². The number of rotatable bonds is 2. The van der Waals surface area contributed by atoms with Crippen molar-refractivity contribution in [3.8, 4) is 0 Å². The fraction of sp³-hybridized carbons (Fsp3) is 0.308. The molecular formula is C13H14N2O4. The van der Waals surface area contributed by atoms with Gasteiger partial charge in [0.05, 0.1) is 22.4 Å². The van der Waals surface area contributed by atoms with Gasteiger partial charge in [0.2, 0.25) is 11.8 Å². The summed E-state index contributed by atoms with van der Waals surface area (Å²) in [5.74, 6) is -1.77.